The molecule has 2 aromatic carbocycles. The molecule has 0 aliphatic carbocycles. The number of carbonyl (C=O) groups is 2. The molecule has 2 fully saturated rings. The summed E-state index contributed by atoms with van der Waals surface area (Å²) in [6.45, 7) is 7.78. The zero-order chi connectivity index (χ0) is 23.4. The number of nitrogens with one attached hydrogen (secondary N) is 2. The number of aryl methyl sites for hydroxylation is 1. The molecule has 2 aliphatic heterocycles. The number of imide groups is 1. The number of rotatable bonds is 7. The van der Waals surface area contributed by atoms with Gasteiger partial charge in [0.2, 0.25) is 11.8 Å². The van der Waals surface area contributed by atoms with E-state index in [1.807, 2.05) is 19.1 Å². The summed E-state index contributed by atoms with van der Waals surface area (Å²) >= 11 is 0. The first-order valence-corrected chi connectivity index (χ1v) is 12.1. The van der Waals surface area contributed by atoms with E-state index in [4.69, 9.17) is 4.74 Å². The van der Waals surface area contributed by atoms with Crippen molar-refractivity contribution >= 4 is 28.2 Å². The smallest absolute Gasteiger partial charge is 0.234 e. The fourth-order valence-electron chi connectivity index (χ4n) is 5.14. The molecule has 1 atom stereocenters. The maximum absolute atomic E-state index is 12.6. The standard InChI is InChI=1S/C27H35N3O3/c1-4-22(24-9-10-25(31)29-27(24)32)26-18(2)5-6-19-17-21(7-8-23(19)26)33-16-15-30(3)20-11-13-28-14-12-20/h4-8,17,20,24,28H,9-16H2,1-3H3,(H,29,31,32)/b22-4-. The molecule has 6 heteroatoms. The number of nitrogens with zero attached hydrogens (tertiary/aromatic N) is 1. The van der Waals surface area contributed by atoms with Crippen molar-refractivity contribution < 1.29 is 14.3 Å². The molecule has 0 radical (unpaired) electrons. The molecule has 2 aliphatic rings. The van der Waals surface area contributed by atoms with Gasteiger partial charge in [0.05, 0.1) is 5.92 Å². The van der Waals surface area contributed by atoms with Gasteiger partial charge in [-0.2, -0.15) is 0 Å². The maximum Gasteiger partial charge on any atom is 0.234 e. The zero-order valence-corrected chi connectivity index (χ0v) is 19.9. The minimum Gasteiger partial charge on any atom is -0.492 e. The van der Waals surface area contributed by atoms with E-state index in [1.54, 1.807) is 0 Å². The fourth-order valence-corrected chi connectivity index (χ4v) is 5.14. The van der Waals surface area contributed by atoms with Gasteiger partial charge in [-0.1, -0.05) is 24.3 Å². The summed E-state index contributed by atoms with van der Waals surface area (Å²) in [4.78, 5) is 26.6. The SMILES string of the molecule is C/C=C(\c1c(C)ccc2cc(OCCN(C)C3CCNCC3)ccc12)C1CCC(=O)NC1=O. The second-order valence-corrected chi connectivity index (χ2v) is 9.20. The van der Waals surface area contributed by atoms with Crippen LogP contribution in [0.2, 0.25) is 0 Å². The highest BCUT2D eigenvalue weighted by Gasteiger charge is 2.31. The molecule has 0 saturated carbocycles. The maximum atomic E-state index is 12.6. The molecule has 2 N–H and O–H groups in total. The first-order valence-electron chi connectivity index (χ1n) is 12.1. The lowest BCUT2D eigenvalue weighted by atomic mass is 9.82. The van der Waals surface area contributed by atoms with Gasteiger partial charge in [0, 0.05) is 19.0 Å². The molecule has 0 aromatic heterocycles. The lowest BCUT2D eigenvalue weighted by Crippen LogP contribution is -2.42. The first kappa shape index (κ1) is 23.5. The minimum atomic E-state index is -0.307. The fraction of sp³-hybridized carbons (Fsp3) is 0.481. The summed E-state index contributed by atoms with van der Waals surface area (Å²) in [6, 6.07) is 11.0. The van der Waals surface area contributed by atoms with E-state index in [-0.39, 0.29) is 17.7 Å². The summed E-state index contributed by atoms with van der Waals surface area (Å²) in [5.74, 6) is 0.167. The van der Waals surface area contributed by atoms with Crippen molar-refractivity contribution in [3.05, 3.63) is 47.5 Å². The normalized spacial score (nSPS) is 20.4. The number of likely N-dealkylation sites (N-methyl/N-ethyl adjacent to an activating group) is 1. The van der Waals surface area contributed by atoms with Gasteiger partial charge >= 0.3 is 0 Å². The van der Waals surface area contributed by atoms with Crippen LogP contribution < -0.4 is 15.4 Å². The van der Waals surface area contributed by atoms with Gasteiger partial charge in [-0.15, -0.1) is 0 Å². The molecule has 1 unspecified atom stereocenters. The van der Waals surface area contributed by atoms with Crippen molar-refractivity contribution in [1.82, 2.24) is 15.5 Å². The second-order valence-electron chi connectivity index (χ2n) is 9.20. The van der Waals surface area contributed by atoms with E-state index in [0.717, 1.165) is 52.9 Å². The molecule has 0 spiro atoms. The number of carbonyl (C=O) groups excluding carboxylic acids is 2. The number of amides is 2. The number of hydrogen-bond donors (Lipinski definition) is 2. The largest absolute Gasteiger partial charge is 0.492 e. The number of piperidine rings is 2. The summed E-state index contributed by atoms with van der Waals surface area (Å²) in [6.07, 6.45) is 5.32. The van der Waals surface area contributed by atoms with E-state index in [0.29, 0.717) is 25.5 Å². The second kappa shape index (κ2) is 10.5. The van der Waals surface area contributed by atoms with Crippen LogP contribution >= 0.6 is 0 Å². The Hall–Kier alpha value is -2.70. The average molecular weight is 450 g/mol. The first-order chi connectivity index (χ1) is 16.0. The van der Waals surface area contributed by atoms with Gasteiger partial charge in [0.25, 0.3) is 0 Å². The highest BCUT2D eigenvalue weighted by atomic mass is 16.5. The Morgan fingerprint density at radius 2 is 1.94 bits per heavy atom. The van der Waals surface area contributed by atoms with Crippen LogP contribution in [-0.4, -0.2) is 56.0 Å². The van der Waals surface area contributed by atoms with Crippen LogP contribution in [0, 0.1) is 12.8 Å². The van der Waals surface area contributed by atoms with Gasteiger partial charge in [0.1, 0.15) is 12.4 Å². The van der Waals surface area contributed by atoms with Gasteiger partial charge in [-0.25, -0.2) is 0 Å². The van der Waals surface area contributed by atoms with E-state index in [2.05, 4.69) is 53.8 Å². The monoisotopic (exact) mass is 449 g/mol. The molecule has 2 heterocycles. The zero-order valence-electron chi connectivity index (χ0n) is 19.9. The molecule has 0 bridgehead atoms. The van der Waals surface area contributed by atoms with Gasteiger partial charge in [0.15, 0.2) is 0 Å². The van der Waals surface area contributed by atoms with Crippen LogP contribution in [-0.2, 0) is 9.59 Å². The Balaban J connectivity index is 1.50. The van der Waals surface area contributed by atoms with Crippen LogP contribution in [0.25, 0.3) is 16.3 Å². The van der Waals surface area contributed by atoms with E-state index in [9.17, 15) is 9.59 Å². The summed E-state index contributed by atoms with van der Waals surface area (Å²) < 4.78 is 6.10. The molecule has 6 nitrogen and oxygen atoms in total. The third kappa shape index (κ3) is 5.28. The topological polar surface area (TPSA) is 70.7 Å². The predicted octanol–water partition coefficient (Wildman–Crippen LogP) is 3.67. The van der Waals surface area contributed by atoms with Crippen molar-refractivity contribution in [3.8, 4) is 5.75 Å². The van der Waals surface area contributed by atoms with E-state index >= 15 is 0 Å². The Morgan fingerprint density at radius 3 is 2.67 bits per heavy atom. The average Bonchev–Trinajstić information content (AvgIpc) is 2.82. The van der Waals surface area contributed by atoms with Crippen molar-refractivity contribution in [1.29, 1.82) is 0 Å². The summed E-state index contributed by atoms with van der Waals surface area (Å²) in [5.41, 5.74) is 3.19. The minimum absolute atomic E-state index is 0.186. The van der Waals surface area contributed by atoms with Gasteiger partial charge in [-0.3, -0.25) is 19.8 Å². The van der Waals surface area contributed by atoms with Crippen LogP contribution in [0.1, 0.15) is 43.7 Å². The van der Waals surface area contributed by atoms with E-state index in [1.165, 1.54) is 12.8 Å². The van der Waals surface area contributed by atoms with Crippen LogP contribution in [0.5, 0.6) is 5.75 Å². The Kier molecular flexibility index (Phi) is 7.46. The van der Waals surface area contributed by atoms with Gasteiger partial charge < -0.3 is 10.1 Å². The van der Waals surface area contributed by atoms with Crippen molar-refractivity contribution in [2.24, 2.45) is 5.92 Å². The molecule has 33 heavy (non-hydrogen) atoms. The molecular weight excluding hydrogens is 414 g/mol. The predicted molar refractivity (Wildman–Crippen MR) is 132 cm³/mol. The molecule has 2 amide bonds. The Labute approximate surface area is 196 Å². The van der Waals surface area contributed by atoms with Crippen LogP contribution in [0.4, 0.5) is 0 Å². The van der Waals surface area contributed by atoms with E-state index < -0.39 is 0 Å². The molecular formula is C27H35N3O3. The number of fused-ring (bicyclic) bond motifs is 1. The number of ether oxygens (including phenoxy) is 1. The third-order valence-corrected chi connectivity index (χ3v) is 7.06. The summed E-state index contributed by atoms with van der Waals surface area (Å²) in [5, 5.41) is 8.11. The lowest BCUT2D eigenvalue weighted by molar-refractivity contribution is -0.134. The lowest BCUT2D eigenvalue weighted by Gasteiger charge is -2.31. The quantitative estimate of drug-likeness (QED) is 0.631. The molecule has 176 valence electrons. The highest BCUT2D eigenvalue weighted by molar-refractivity contribution is 6.07. The number of benzene rings is 2. The van der Waals surface area contributed by atoms with Crippen molar-refractivity contribution in [2.45, 2.75) is 45.6 Å². The Morgan fingerprint density at radius 1 is 1.15 bits per heavy atom. The number of hydrogen-bond acceptors (Lipinski definition) is 5. The third-order valence-electron chi connectivity index (χ3n) is 7.06. The van der Waals surface area contributed by atoms with Crippen molar-refractivity contribution in [2.75, 3.05) is 33.3 Å². The molecule has 2 saturated heterocycles. The summed E-state index contributed by atoms with van der Waals surface area (Å²) in [7, 11) is 2.18. The Bertz CT molecular complexity index is 1060. The van der Waals surface area contributed by atoms with Crippen LogP contribution in [0.3, 0.4) is 0 Å². The molecule has 4 rings (SSSR count). The number of allylic oxidation sites excluding steroid dienone is 1. The van der Waals surface area contributed by atoms with Crippen LogP contribution in [0.15, 0.2) is 36.4 Å². The van der Waals surface area contributed by atoms with Crippen molar-refractivity contribution in [3.63, 3.8) is 0 Å². The van der Waals surface area contributed by atoms with Gasteiger partial charge in [-0.05, 0) is 92.9 Å². The molecule has 2 aromatic rings. The highest BCUT2D eigenvalue weighted by Crippen LogP contribution is 2.37.